The van der Waals surface area contributed by atoms with E-state index in [9.17, 15) is 0 Å². The fourth-order valence-corrected chi connectivity index (χ4v) is 2.85. The van der Waals surface area contributed by atoms with Gasteiger partial charge in [0.05, 0.1) is 0 Å². The molecule has 0 amide bonds. The second kappa shape index (κ2) is 19.6. The molecule has 2 unspecified atom stereocenters. The van der Waals surface area contributed by atoms with Crippen molar-refractivity contribution in [3.63, 3.8) is 0 Å². The Morgan fingerprint density at radius 3 is 1.30 bits per heavy atom. The fraction of sp³-hybridized carbons (Fsp3) is 0.900. The first-order chi connectivity index (χ1) is 13.5. The van der Waals surface area contributed by atoms with Crippen molar-refractivity contribution in [1.82, 2.24) is 0 Å². The van der Waals surface area contributed by atoms with Gasteiger partial charge in [0, 0.05) is 0 Å². The van der Waals surface area contributed by atoms with Crippen LogP contribution in [0.4, 0.5) is 0 Å². The van der Waals surface area contributed by atoms with Crippen molar-refractivity contribution in [2.75, 3.05) is 0 Å². The molecule has 0 heterocycles. The van der Waals surface area contributed by atoms with Gasteiger partial charge in [-0.3, -0.25) is 0 Å². The molecule has 10 heteroatoms. The van der Waals surface area contributed by atoms with Gasteiger partial charge in [-0.05, 0) is 44.4 Å². The predicted octanol–water partition coefficient (Wildman–Crippen LogP) is 1.74. The lowest BCUT2D eigenvalue weighted by molar-refractivity contribution is -0.434. The minimum absolute atomic E-state index is 0.878. The number of allylic oxidation sites excluding steroid dienone is 2. The zero-order valence-corrected chi connectivity index (χ0v) is 21.1. The summed E-state index contributed by atoms with van der Waals surface area (Å²) in [5, 5.41) is 0. The summed E-state index contributed by atoms with van der Waals surface area (Å²) in [6.07, 6.45) is 14.9. The summed E-state index contributed by atoms with van der Waals surface area (Å²) in [5.41, 5.74) is 1.55. The average molecular weight is 470 g/mol. The van der Waals surface area contributed by atoms with Crippen LogP contribution in [0.5, 0.6) is 0 Å². The Morgan fingerprint density at radius 1 is 0.700 bits per heavy atom. The Kier molecular flexibility index (Phi) is 22.6. The van der Waals surface area contributed by atoms with Crippen molar-refractivity contribution >= 4 is 15.6 Å². The molecule has 0 aromatic carbocycles. The highest BCUT2D eigenvalue weighted by molar-refractivity contribution is 7.40. The van der Waals surface area contributed by atoms with Gasteiger partial charge in [-0.25, -0.2) is 0 Å². The van der Waals surface area contributed by atoms with Crippen LogP contribution >= 0.6 is 15.6 Å². The van der Waals surface area contributed by atoms with Gasteiger partial charge >= 0.3 is 0 Å². The molecule has 2 atom stereocenters. The molecule has 0 saturated heterocycles. The minimum atomic E-state index is -5.39. The summed E-state index contributed by atoms with van der Waals surface area (Å²) >= 11 is 0. The van der Waals surface area contributed by atoms with Crippen LogP contribution in [0.2, 0.25) is 0 Å². The van der Waals surface area contributed by atoms with Gasteiger partial charge in [-0.2, -0.15) is 15.6 Å². The third-order valence-electron chi connectivity index (χ3n) is 4.63. The molecule has 0 rings (SSSR count). The Hall–Kier alpha value is -0.0400. The normalized spacial score (nSPS) is 14.4. The maximum atomic E-state index is 8.55. The molecule has 0 aromatic heterocycles. The number of hydrogen-bond donors (Lipinski definition) is 0. The predicted molar refractivity (Wildman–Crippen MR) is 109 cm³/mol. The summed E-state index contributed by atoms with van der Waals surface area (Å²) in [7, 11) is -10.8. The second-order valence-electron chi connectivity index (χ2n) is 8.39. The fourth-order valence-electron chi connectivity index (χ4n) is 2.85. The van der Waals surface area contributed by atoms with Gasteiger partial charge in [0.25, 0.3) is 0 Å². The van der Waals surface area contributed by atoms with Gasteiger partial charge in [0.15, 0.2) is 0 Å². The van der Waals surface area contributed by atoms with Crippen molar-refractivity contribution in [2.24, 2.45) is 17.8 Å². The summed E-state index contributed by atoms with van der Waals surface area (Å²) in [4.78, 5) is 51.3. The molecule has 0 spiro atoms. The molecule has 184 valence electrons. The zero-order valence-electron chi connectivity index (χ0n) is 19.3. The van der Waals surface area contributed by atoms with Crippen LogP contribution in [-0.2, 0) is 9.13 Å². The molecule has 30 heavy (non-hydrogen) atoms. The Bertz CT molecular complexity index is 474. The molecule has 0 N–H and O–H groups in total. The monoisotopic (exact) mass is 470 g/mol. The van der Waals surface area contributed by atoms with Crippen LogP contribution in [0.1, 0.15) is 99.3 Å². The van der Waals surface area contributed by atoms with E-state index in [4.69, 9.17) is 38.5 Å². The molecule has 0 saturated carbocycles. The Morgan fingerprint density at radius 2 is 1.00 bits per heavy atom. The van der Waals surface area contributed by atoms with Crippen LogP contribution in [-0.4, -0.2) is 0 Å². The second-order valence-corrected chi connectivity index (χ2v) is 10.2. The van der Waals surface area contributed by atoms with Crippen LogP contribution in [0, 0.1) is 17.8 Å². The van der Waals surface area contributed by atoms with Gasteiger partial charge < -0.3 is 38.5 Å². The Labute approximate surface area is 183 Å². The van der Waals surface area contributed by atoms with Crippen molar-refractivity contribution < 1.29 is 38.5 Å². The van der Waals surface area contributed by atoms with E-state index >= 15 is 0 Å². The van der Waals surface area contributed by atoms with Gasteiger partial charge in [-0.1, -0.05) is 84.3 Å². The molecule has 0 bridgehead atoms. The first-order valence-electron chi connectivity index (χ1n) is 10.5. The summed E-state index contributed by atoms with van der Waals surface area (Å²) in [6.45, 7) is 14.0. The lowest BCUT2D eigenvalue weighted by Crippen LogP contribution is -2.24. The topological polar surface area (TPSA) is 172 Å². The van der Waals surface area contributed by atoms with Crippen molar-refractivity contribution in [3.05, 3.63) is 11.6 Å². The van der Waals surface area contributed by atoms with Gasteiger partial charge in [-0.15, -0.1) is 0 Å². The molecule has 0 radical (unpaired) electrons. The molecule has 8 nitrogen and oxygen atoms in total. The maximum Gasteiger partial charge on any atom is -0.0323 e. The molecular weight excluding hydrogens is 430 g/mol. The molecule has 0 aliphatic carbocycles. The summed E-state index contributed by atoms with van der Waals surface area (Å²) in [5.74, 6) is 2.73. The van der Waals surface area contributed by atoms with Crippen molar-refractivity contribution in [3.8, 4) is 0 Å². The third-order valence-corrected chi connectivity index (χ3v) is 4.63. The third kappa shape index (κ3) is 51.0. The highest BCUT2D eigenvalue weighted by atomic mass is 31.2. The minimum Gasteiger partial charge on any atom is -0.822 e. The standard InChI is InChI=1S/C20H40.2H3O4P/c1-7-18(4)12-9-14-20(6)16-10-15-19(5)13-8-11-17(2)3;2*1-5(2,3)4/h7,17,19-20H,8-16H2,1-6H3;2*(H3,1,2,3,4)/p-6. The van der Waals surface area contributed by atoms with E-state index in [1.165, 1.54) is 57.8 Å². The van der Waals surface area contributed by atoms with E-state index in [2.05, 4.69) is 47.6 Å². The molecule has 0 aromatic rings. The van der Waals surface area contributed by atoms with Crippen molar-refractivity contribution in [1.29, 1.82) is 0 Å². The van der Waals surface area contributed by atoms with Crippen molar-refractivity contribution in [2.45, 2.75) is 99.3 Å². The Balaban J connectivity index is -0.000000599. The molecular formula is C20H40O8P2-6. The van der Waals surface area contributed by atoms with E-state index in [0.29, 0.717) is 0 Å². The quantitative estimate of drug-likeness (QED) is 0.306. The lowest BCUT2D eigenvalue weighted by Gasteiger charge is -2.36. The first kappa shape index (κ1) is 34.6. The van der Waals surface area contributed by atoms with Crippen LogP contribution in [0.25, 0.3) is 0 Å². The van der Waals surface area contributed by atoms with E-state index in [0.717, 1.165) is 17.8 Å². The summed E-state index contributed by atoms with van der Waals surface area (Å²) < 4.78 is 17.1. The largest absolute Gasteiger partial charge is 0.822 e. The highest BCUT2D eigenvalue weighted by Crippen LogP contribution is 2.21. The lowest BCUT2D eigenvalue weighted by atomic mass is 9.91. The first-order valence-corrected chi connectivity index (χ1v) is 13.5. The smallest absolute Gasteiger partial charge is 0.0323 e. The average Bonchev–Trinajstić information content (AvgIpc) is 2.51. The van der Waals surface area contributed by atoms with Crippen LogP contribution in [0.3, 0.4) is 0 Å². The van der Waals surface area contributed by atoms with E-state index in [-0.39, 0.29) is 0 Å². The van der Waals surface area contributed by atoms with Gasteiger partial charge in [0.1, 0.15) is 0 Å². The number of rotatable bonds is 12. The summed E-state index contributed by atoms with van der Waals surface area (Å²) in [6, 6.07) is 0. The number of phosphoric acid groups is 2. The van der Waals surface area contributed by atoms with E-state index in [1.807, 2.05) is 0 Å². The molecule has 0 aliphatic rings. The SMILES string of the molecule is CC=C(C)CCCC(C)CCCC(C)CCCC(C)C.O=P([O-])([O-])[O-].O=P([O-])([O-])[O-]. The highest BCUT2D eigenvalue weighted by Gasteiger charge is 2.06. The molecule has 0 fully saturated rings. The van der Waals surface area contributed by atoms with Crippen LogP contribution in [0.15, 0.2) is 11.6 Å². The number of hydrogen-bond acceptors (Lipinski definition) is 8. The van der Waals surface area contributed by atoms with E-state index < -0.39 is 15.6 Å². The zero-order chi connectivity index (χ0) is 24.4. The van der Waals surface area contributed by atoms with Crippen LogP contribution < -0.4 is 29.4 Å². The maximum absolute atomic E-state index is 8.55. The van der Waals surface area contributed by atoms with E-state index in [1.54, 1.807) is 5.57 Å². The molecule has 0 aliphatic heterocycles. The van der Waals surface area contributed by atoms with Gasteiger partial charge in [0.2, 0.25) is 0 Å².